The number of amides is 1. The van der Waals surface area contributed by atoms with Gasteiger partial charge < -0.3 is 9.57 Å². The fourth-order valence-corrected chi connectivity index (χ4v) is 4.03. The maximum absolute atomic E-state index is 12.8. The molecule has 1 aromatic carbocycles. The van der Waals surface area contributed by atoms with Crippen LogP contribution in [0, 0.1) is 0 Å². The quantitative estimate of drug-likeness (QED) is 0.542. The van der Waals surface area contributed by atoms with Gasteiger partial charge in [0.15, 0.2) is 25.7 Å². The maximum atomic E-state index is 12.8. The van der Waals surface area contributed by atoms with Crippen molar-refractivity contribution in [3.05, 3.63) is 36.0 Å². The molecule has 0 unspecified atom stereocenters. The first kappa shape index (κ1) is 20.3. The summed E-state index contributed by atoms with van der Waals surface area (Å²) in [5.41, 5.74) is 0.507. The van der Waals surface area contributed by atoms with Gasteiger partial charge in [-0.1, -0.05) is 28.6 Å². The third-order valence-corrected chi connectivity index (χ3v) is 6.27. The predicted molar refractivity (Wildman–Crippen MR) is 107 cm³/mol. The minimum atomic E-state index is -3.33. The molecule has 8 nitrogen and oxygen atoms in total. The molecular formula is C18H21N3O5S2. The average molecular weight is 424 g/mol. The Hall–Kier alpha value is -2.46. The number of carbonyl (C=O) groups excluding carboxylic acids is 1. The van der Waals surface area contributed by atoms with Gasteiger partial charge in [-0.25, -0.2) is 13.4 Å². The summed E-state index contributed by atoms with van der Waals surface area (Å²) in [6, 6.07) is 5.95. The Balaban J connectivity index is 1.85. The number of anilines is 1. The van der Waals surface area contributed by atoms with Crippen molar-refractivity contribution in [3.63, 3.8) is 0 Å². The molecule has 0 atom stereocenters. The van der Waals surface area contributed by atoms with Crippen LogP contribution in [-0.2, 0) is 19.5 Å². The molecule has 1 aromatic heterocycles. The number of nitrogens with zero attached hydrogens (tertiary/aromatic N) is 2. The normalized spacial score (nSPS) is 15.4. The molecule has 1 amide bonds. The summed E-state index contributed by atoms with van der Waals surface area (Å²) in [7, 11) is -1.81. The topological polar surface area (TPSA) is 107 Å². The number of ether oxygens (including phenoxy) is 1. The number of hydrogen-bond acceptors (Lipinski definition) is 8. The molecule has 0 saturated heterocycles. The Bertz CT molecular complexity index is 961. The third-order valence-electron chi connectivity index (χ3n) is 4.27. The van der Waals surface area contributed by atoms with Gasteiger partial charge >= 0.3 is 0 Å². The van der Waals surface area contributed by atoms with Gasteiger partial charge in [0, 0.05) is 11.8 Å². The Morgan fingerprint density at radius 1 is 1.25 bits per heavy atom. The molecular weight excluding hydrogens is 402 g/mol. The molecule has 150 valence electrons. The van der Waals surface area contributed by atoms with Crippen LogP contribution in [0.25, 0.3) is 0 Å². The Kier molecular flexibility index (Phi) is 6.30. The number of rotatable bonds is 7. The number of methoxy groups -OCH3 is 1. The molecule has 1 aliphatic rings. The Morgan fingerprint density at radius 2 is 1.93 bits per heavy atom. The van der Waals surface area contributed by atoms with Gasteiger partial charge in [0.1, 0.15) is 6.10 Å². The van der Waals surface area contributed by atoms with Crippen LogP contribution >= 0.6 is 11.3 Å². The zero-order chi connectivity index (χ0) is 20.1. The highest BCUT2D eigenvalue weighted by atomic mass is 32.2. The predicted octanol–water partition coefficient (Wildman–Crippen LogP) is 2.86. The summed E-state index contributed by atoms with van der Waals surface area (Å²) in [6.07, 6.45) is 6.56. The van der Waals surface area contributed by atoms with Crippen LogP contribution in [0.1, 0.15) is 31.2 Å². The summed E-state index contributed by atoms with van der Waals surface area (Å²) in [5.74, 6) is -0.498. The molecule has 0 radical (unpaired) electrons. The molecule has 1 aliphatic carbocycles. The molecule has 28 heavy (non-hydrogen) atoms. The van der Waals surface area contributed by atoms with E-state index in [0.29, 0.717) is 15.8 Å². The lowest BCUT2D eigenvalue weighted by Gasteiger charge is -2.10. The van der Waals surface area contributed by atoms with Crippen LogP contribution < -0.4 is 10.1 Å². The van der Waals surface area contributed by atoms with Gasteiger partial charge in [0.05, 0.1) is 18.2 Å². The van der Waals surface area contributed by atoms with Gasteiger partial charge in [0.25, 0.3) is 5.91 Å². The van der Waals surface area contributed by atoms with E-state index in [1.807, 2.05) is 0 Å². The maximum Gasteiger partial charge on any atom is 0.280 e. The summed E-state index contributed by atoms with van der Waals surface area (Å²) < 4.78 is 28.4. The number of oxime groups is 1. The van der Waals surface area contributed by atoms with Gasteiger partial charge in [-0.2, -0.15) is 0 Å². The number of nitrogens with one attached hydrogen (secondary N) is 1. The van der Waals surface area contributed by atoms with E-state index in [2.05, 4.69) is 15.5 Å². The number of aromatic nitrogens is 1. The van der Waals surface area contributed by atoms with Gasteiger partial charge in [-0.3, -0.25) is 10.1 Å². The molecule has 1 fully saturated rings. The molecule has 10 heteroatoms. The standard InChI is InChI=1S/C18H21N3O5S2/c1-25-15-11-19-18(27-15)20-17(22)16(21-26-13-5-3-4-6-13)12-7-9-14(10-8-12)28(2,23)24/h7-11,13H,3-6H2,1-2H3,(H,19,20,22). The van der Waals surface area contributed by atoms with E-state index in [1.165, 1.54) is 48.9 Å². The average Bonchev–Trinajstić information content (AvgIpc) is 3.33. The molecule has 0 spiro atoms. The van der Waals surface area contributed by atoms with E-state index in [9.17, 15) is 13.2 Å². The van der Waals surface area contributed by atoms with Crippen LogP contribution in [0.2, 0.25) is 0 Å². The first-order valence-electron chi connectivity index (χ1n) is 8.72. The lowest BCUT2D eigenvalue weighted by Crippen LogP contribution is -2.25. The first-order chi connectivity index (χ1) is 13.4. The fourth-order valence-electron chi connectivity index (χ4n) is 2.77. The van der Waals surface area contributed by atoms with E-state index in [1.54, 1.807) is 0 Å². The SMILES string of the molecule is COc1cnc(NC(=O)C(=NOC2CCCC2)c2ccc(S(C)(=O)=O)cc2)s1. The van der Waals surface area contributed by atoms with Crippen LogP contribution in [0.5, 0.6) is 5.06 Å². The first-order valence-corrected chi connectivity index (χ1v) is 11.4. The highest BCUT2D eigenvalue weighted by Crippen LogP contribution is 2.25. The van der Waals surface area contributed by atoms with Crippen LogP contribution in [-0.4, -0.2) is 44.5 Å². The lowest BCUT2D eigenvalue weighted by atomic mass is 10.1. The number of thiazole rings is 1. The van der Waals surface area contributed by atoms with Crippen molar-refractivity contribution in [3.8, 4) is 5.06 Å². The monoisotopic (exact) mass is 423 g/mol. The second kappa shape index (κ2) is 8.70. The summed E-state index contributed by atoms with van der Waals surface area (Å²) in [5, 5.41) is 7.69. The molecule has 2 aromatic rings. The van der Waals surface area contributed by atoms with Crippen molar-refractivity contribution in [2.45, 2.75) is 36.7 Å². The highest BCUT2D eigenvalue weighted by molar-refractivity contribution is 7.90. The third kappa shape index (κ3) is 5.08. The van der Waals surface area contributed by atoms with E-state index < -0.39 is 15.7 Å². The van der Waals surface area contributed by atoms with E-state index >= 15 is 0 Å². The van der Waals surface area contributed by atoms with Crippen molar-refractivity contribution in [1.29, 1.82) is 0 Å². The second-order valence-electron chi connectivity index (χ2n) is 6.39. The number of sulfone groups is 1. The van der Waals surface area contributed by atoms with Gasteiger partial charge in [0.2, 0.25) is 0 Å². The van der Waals surface area contributed by atoms with Crippen LogP contribution in [0.15, 0.2) is 40.5 Å². The number of benzene rings is 1. The van der Waals surface area contributed by atoms with Crippen molar-refractivity contribution in [2.75, 3.05) is 18.7 Å². The van der Waals surface area contributed by atoms with E-state index in [0.717, 1.165) is 31.9 Å². The van der Waals surface area contributed by atoms with Gasteiger partial charge in [-0.15, -0.1) is 0 Å². The van der Waals surface area contributed by atoms with Crippen molar-refractivity contribution in [1.82, 2.24) is 4.98 Å². The second-order valence-corrected chi connectivity index (χ2v) is 9.40. The van der Waals surface area contributed by atoms with Crippen molar-refractivity contribution in [2.24, 2.45) is 5.16 Å². The minimum absolute atomic E-state index is 0.0157. The fraction of sp³-hybridized carbons (Fsp3) is 0.389. The highest BCUT2D eigenvalue weighted by Gasteiger charge is 2.21. The molecule has 0 aliphatic heterocycles. The summed E-state index contributed by atoms with van der Waals surface area (Å²) >= 11 is 1.18. The molecule has 1 heterocycles. The summed E-state index contributed by atoms with van der Waals surface area (Å²) in [4.78, 5) is 22.6. The van der Waals surface area contributed by atoms with Gasteiger partial charge in [-0.05, 0) is 37.8 Å². The van der Waals surface area contributed by atoms with Crippen LogP contribution in [0.4, 0.5) is 5.13 Å². The molecule has 3 rings (SSSR count). The smallest absolute Gasteiger partial charge is 0.280 e. The van der Waals surface area contributed by atoms with E-state index in [4.69, 9.17) is 9.57 Å². The zero-order valence-corrected chi connectivity index (χ0v) is 17.2. The molecule has 1 N–H and O–H groups in total. The van der Waals surface area contributed by atoms with Crippen molar-refractivity contribution < 1.29 is 22.8 Å². The summed E-state index contributed by atoms with van der Waals surface area (Å²) in [6.45, 7) is 0. The largest absolute Gasteiger partial charge is 0.486 e. The van der Waals surface area contributed by atoms with Crippen molar-refractivity contribution >= 4 is 37.9 Å². The minimum Gasteiger partial charge on any atom is -0.486 e. The van der Waals surface area contributed by atoms with Crippen LogP contribution in [0.3, 0.4) is 0 Å². The lowest BCUT2D eigenvalue weighted by molar-refractivity contribution is -0.110. The van der Waals surface area contributed by atoms with E-state index in [-0.39, 0.29) is 16.7 Å². The Labute approximate surface area is 167 Å². The molecule has 1 saturated carbocycles. The zero-order valence-electron chi connectivity index (χ0n) is 15.5. The number of hydrogen-bond donors (Lipinski definition) is 1. The number of carbonyl (C=O) groups is 1. The molecule has 0 bridgehead atoms. The Morgan fingerprint density at radius 3 is 2.50 bits per heavy atom.